The van der Waals surface area contributed by atoms with Gasteiger partial charge in [-0.05, 0) is 55.8 Å². The van der Waals surface area contributed by atoms with Gasteiger partial charge in [-0.2, -0.15) is 0 Å². The third kappa shape index (κ3) is 7.66. The molecule has 0 heterocycles. The van der Waals surface area contributed by atoms with Gasteiger partial charge in [0.25, 0.3) is 10.0 Å². The Balaban J connectivity index is 2.17. The lowest BCUT2D eigenvalue weighted by molar-refractivity contribution is -0.139. The zero-order chi connectivity index (χ0) is 31.7. The van der Waals surface area contributed by atoms with E-state index in [1.807, 2.05) is 0 Å². The second kappa shape index (κ2) is 14.6. The molecule has 0 radical (unpaired) electrons. The second-order valence-electron chi connectivity index (χ2n) is 9.28. The number of carbonyl (C=O) groups is 2. The molecule has 2 amide bonds. The molecule has 0 bridgehead atoms. The second-order valence-corrected chi connectivity index (χ2v) is 11.1. The highest BCUT2D eigenvalue weighted by Crippen LogP contribution is 2.37. The van der Waals surface area contributed by atoms with Crippen molar-refractivity contribution >= 4 is 27.5 Å². The van der Waals surface area contributed by atoms with Crippen LogP contribution < -0.4 is 28.6 Å². The fraction of sp³-hybridized carbons (Fsp3) is 0.333. The molecule has 0 aliphatic carbocycles. The standard InChI is InChI=1S/C30H36FN3O8S/c1-7-32-30(36)20(2)33(18-21-8-10-22(31)11-9-21)29(35)19-34(25-16-23(39-3)12-14-26(25)40-4)43(37,38)24-13-15-27(41-5)28(17-24)42-6/h8-17,20H,7,18-19H2,1-6H3,(H,32,36). The van der Waals surface area contributed by atoms with E-state index in [1.165, 1.54) is 94.9 Å². The van der Waals surface area contributed by atoms with Gasteiger partial charge in [0.15, 0.2) is 11.5 Å². The number of likely N-dealkylation sites (N-methyl/N-ethyl adjacent to an activating group) is 1. The number of ether oxygens (including phenoxy) is 4. The Labute approximate surface area is 251 Å². The molecule has 3 aromatic rings. The number of benzene rings is 3. The Morgan fingerprint density at radius 2 is 1.49 bits per heavy atom. The van der Waals surface area contributed by atoms with Gasteiger partial charge in [-0.1, -0.05) is 12.1 Å². The molecule has 232 valence electrons. The van der Waals surface area contributed by atoms with Crippen LogP contribution in [0.1, 0.15) is 19.4 Å². The maximum Gasteiger partial charge on any atom is 0.265 e. The van der Waals surface area contributed by atoms with Crippen molar-refractivity contribution in [1.82, 2.24) is 10.2 Å². The monoisotopic (exact) mass is 617 g/mol. The summed E-state index contributed by atoms with van der Waals surface area (Å²) in [4.78, 5) is 28.0. The molecular formula is C30H36FN3O8S. The van der Waals surface area contributed by atoms with Gasteiger partial charge in [-0.25, -0.2) is 12.8 Å². The van der Waals surface area contributed by atoms with Crippen molar-refractivity contribution < 1.29 is 41.3 Å². The molecule has 0 fully saturated rings. The highest BCUT2D eigenvalue weighted by molar-refractivity contribution is 7.92. The van der Waals surface area contributed by atoms with E-state index in [-0.39, 0.29) is 28.6 Å². The summed E-state index contributed by atoms with van der Waals surface area (Å²) < 4.78 is 64.4. The summed E-state index contributed by atoms with van der Waals surface area (Å²) in [6, 6.07) is 13.1. The average Bonchev–Trinajstić information content (AvgIpc) is 3.02. The summed E-state index contributed by atoms with van der Waals surface area (Å²) in [6.45, 7) is 2.79. The van der Waals surface area contributed by atoms with Crippen molar-refractivity contribution in [2.24, 2.45) is 0 Å². The SMILES string of the molecule is CCNC(=O)C(C)N(Cc1ccc(F)cc1)C(=O)CN(c1cc(OC)ccc1OC)S(=O)(=O)c1ccc(OC)c(OC)c1. The molecular weight excluding hydrogens is 581 g/mol. The van der Waals surface area contributed by atoms with Crippen LogP contribution in [0.2, 0.25) is 0 Å². The number of anilines is 1. The molecule has 11 nitrogen and oxygen atoms in total. The van der Waals surface area contributed by atoms with Crippen LogP contribution in [0.25, 0.3) is 0 Å². The van der Waals surface area contributed by atoms with Crippen LogP contribution in [0, 0.1) is 5.82 Å². The van der Waals surface area contributed by atoms with Gasteiger partial charge in [0, 0.05) is 25.2 Å². The fourth-order valence-corrected chi connectivity index (χ4v) is 5.73. The Bertz CT molecular complexity index is 1530. The number of amides is 2. The van der Waals surface area contributed by atoms with Crippen LogP contribution >= 0.6 is 0 Å². The fourth-order valence-electron chi connectivity index (χ4n) is 4.30. The number of carbonyl (C=O) groups excluding carboxylic acids is 2. The Kier molecular flexibility index (Phi) is 11.2. The van der Waals surface area contributed by atoms with E-state index in [0.29, 0.717) is 23.6 Å². The maximum absolute atomic E-state index is 14.3. The van der Waals surface area contributed by atoms with Crippen LogP contribution in [0.4, 0.5) is 10.1 Å². The summed E-state index contributed by atoms with van der Waals surface area (Å²) in [6.07, 6.45) is 0. The van der Waals surface area contributed by atoms with E-state index in [4.69, 9.17) is 18.9 Å². The van der Waals surface area contributed by atoms with Crippen LogP contribution in [0.15, 0.2) is 65.6 Å². The summed E-state index contributed by atoms with van der Waals surface area (Å²) in [7, 11) is 1.11. The Hall–Kier alpha value is -4.52. The van der Waals surface area contributed by atoms with Gasteiger partial charge in [0.1, 0.15) is 29.9 Å². The molecule has 0 saturated heterocycles. The van der Waals surface area contributed by atoms with Gasteiger partial charge in [-0.3, -0.25) is 13.9 Å². The molecule has 3 rings (SSSR count). The van der Waals surface area contributed by atoms with Crippen molar-refractivity contribution in [3.05, 3.63) is 72.0 Å². The number of rotatable bonds is 14. The van der Waals surface area contributed by atoms with Gasteiger partial charge in [-0.15, -0.1) is 0 Å². The molecule has 0 saturated carbocycles. The lowest BCUT2D eigenvalue weighted by atomic mass is 10.1. The first-order chi connectivity index (χ1) is 20.5. The number of nitrogens with zero attached hydrogens (tertiary/aromatic N) is 2. The number of halogens is 1. The minimum Gasteiger partial charge on any atom is -0.497 e. The summed E-state index contributed by atoms with van der Waals surface area (Å²) >= 11 is 0. The highest BCUT2D eigenvalue weighted by Gasteiger charge is 2.34. The van der Waals surface area contributed by atoms with Crippen LogP contribution in [-0.4, -0.2) is 72.7 Å². The van der Waals surface area contributed by atoms with Gasteiger partial charge in [0.2, 0.25) is 11.8 Å². The zero-order valence-electron chi connectivity index (χ0n) is 24.9. The van der Waals surface area contributed by atoms with E-state index < -0.39 is 40.2 Å². The van der Waals surface area contributed by atoms with Crippen LogP contribution in [0.5, 0.6) is 23.0 Å². The maximum atomic E-state index is 14.3. The summed E-state index contributed by atoms with van der Waals surface area (Å²) in [5.41, 5.74) is 0.566. The van der Waals surface area contributed by atoms with Crippen molar-refractivity contribution in [1.29, 1.82) is 0 Å². The minimum atomic E-state index is -4.47. The van der Waals surface area contributed by atoms with Crippen molar-refractivity contribution in [2.75, 3.05) is 45.8 Å². The molecule has 0 aromatic heterocycles. The van der Waals surface area contributed by atoms with Gasteiger partial charge >= 0.3 is 0 Å². The molecule has 1 N–H and O–H groups in total. The van der Waals surface area contributed by atoms with Gasteiger partial charge in [0.05, 0.1) is 39.0 Å². The first-order valence-electron chi connectivity index (χ1n) is 13.3. The smallest absolute Gasteiger partial charge is 0.265 e. The normalized spacial score (nSPS) is 11.7. The molecule has 43 heavy (non-hydrogen) atoms. The zero-order valence-corrected chi connectivity index (χ0v) is 25.7. The lowest BCUT2D eigenvalue weighted by Crippen LogP contribution is -2.51. The first kappa shape index (κ1) is 33.0. The van der Waals surface area contributed by atoms with Crippen LogP contribution in [0.3, 0.4) is 0 Å². The summed E-state index contributed by atoms with van der Waals surface area (Å²) in [5, 5.41) is 2.69. The Morgan fingerprint density at radius 1 is 0.860 bits per heavy atom. The molecule has 1 unspecified atom stereocenters. The largest absolute Gasteiger partial charge is 0.497 e. The molecule has 1 atom stereocenters. The minimum absolute atomic E-state index is 0.0254. The number of hydrogen-bond acceptors (Lipinski definition) is 8. The molecule has 0 aliphatic heterocycles. The van der Waals surface area contributed by atoms with E-state index in [0.717, 1.165) is 4.31 Å². The predicted octanol–water partition coefficient (Wildman–Crippen LogP) is 3.61. The van der Waals surface area contributed by atoms with E-state index in [9.17, 15) is 22.4 Å². The molecule has 13 heteroatoms. The third-order valence-corrected chi connectivity index (χ3v) is 8.42. The van der Waals surface area contributed by atoms with Crippen molar-refractivity contribution in [3.63, 3.8) is 0 Å². The molecule has 0 spiro atoms. The van der Waals surface area contributed by atoms with E-state index >= 15 is 0 Å². The van der Waals surface area contributed by atoms with E-state index in [1.54, 1.807) is 13.0 Å². The molecule has 0 aliphatic rings. The summed E-state index contributed by atoms with van der Waals surface area (Å²) in [5.74, 6) is -0.660. The van der Waals surface area contributed by atoms with E-state index in [2.05, 4.69) is 5.32 Å². The van der Waals surface area contributed by atoms with Crippen molar-refractivity contribution in [3.8, 4) is 23.0 Å². The average molecular weight is 618 g/mol. The lowest BCUT2D eigenvalue weighted by Gasteiger charge is -2.32. The quantitative estimate of drug-likeness (QED) is 0.291. The number of hydrogen-bond donors (Lipinski definition) is 1. The first-order valence-corrected chi connectivity index (χ1v) is 14.7. The van der Waals surface area contributed by atoms with Crippen molar-refractivity contribution in [2.45, 2.75) is 31.3 Å². The van der Waals surface area contributed by atoms with Crippen LogP contribution in [-0.2, 0) is 26.2 Å². The van der Waals surface area contributed by atoms with Gasteiger partial charge < -0.3 is 29.2 Å². The predicted molar refractivity (Wildman–Crippen MR) is 159 cm³/mol. The number of methoxy groups -OCH3 is 4. The topological polar surface area (TPSA) is 124 Å². The number of nitrogens with one attached hydrogen (secondary N) is 1. The third-order valence-electron chi connectivity index (χ3n) is 6.66. The molecule has 3 aromatic carbocycles. The highest BCUT2D eigenvalue weighted by atomic mass is 32.2. The number of sulfonamides is 1. The Morgan fingerprint density at radius 3 is 2.07 bits per heavy atom.